The first-order valence-corrected chi connectivity index (χ1v) is 8.98. The summed E-state index contributed by atoms with van der Waals surface area (Å²) in [6, 6.07) is 17.9. The summed E-state index contributed by atoms with van der Waals surface area (Å²) in [7, 11) is 3.48. The van der Waals surface area contributed by atoms with Gasteiger partial charge in [0.2, 0.25) is 11.9 Å². The number of anilines is 1. The van der Waals surface area contributed by atoms with Gasteiger partial charge in [0, 0.05) is 38.3 Å². The van der Waals surface area contributed by atoms with Crippen molar-refractivity contribution in [1.82, 2.24) is 15.3 Å². The molecule has 0 unspecified atom stereocenters. The number of carbonyl (C=O) groups excluding carboxylic acids is 1. The van der Waals surface area contributed by atoms with E-state index < -0.39 is 0 Å². The Morgan fingerprint density at radius 2 is 1.81 bits per heavy atom. The van der Waals surface area contributed by atoms with Crippen molar-refractivity contribution in [3.8, 4) is 11.3 Å². The summed E-state index contributed by atoms with van der Waals surface area (Å²) < 4.78 is 4.99. The molecule has 0 spiro atoms. The van der Waals surface area contributed by atoms with Crippen molar-refractivity contribution in [2.75, 3.05) is 38.8 Å². The molecular weight excluding hydrogens is 340 g/mol. The van der Waals surface area contributed by atoms with Crippen LogP contribution < -0.4 is 10.2 Å². The van der Waals surface area contributed by atoms with E-state index in [0.717, 1.165) is 28.6 Å². The fraction of sp³-hybridized carbons (Fsp3) is 0.286. The molecule has 27 heavy (non-hydrogen) atoms. The van der Waals surface area contributed by atoms with Gasteiger partial charge in [-0.25, -0.2) is 9.97 Å². The van der Waals surface area contributed by atoms with E-state index in [1.165, 1.54) is 0 Å². The highest BCUT2D eigenvalue weighted by Crippen LogP contribution is 2.27. The number of amides is 1. The molecule has 2 aromatic carbocycles. The Hall–Kier alpha value is -2.99. The molecule has 140 valence electrons. The van der Waals surface area contributed by atoms with Crippen molar-refractivity contribution in [1.29, 1.82) is 0 Å². The summed E-state index contributed by atoms with van der Waals surface area (Å²) in [4.78, 5) is 23.3. The summed E-state index contributed by atoms with van der Waals surface area (Å²) in [5.41, 5.74) is 2.74. The predicted molar refractivity (Wildman–Crippen MR) is 108 cm³/mol. The second-order valence-corrected chi connectivity index (χ2v) is 6.31. The summed E-state index contributed by atoms with van der Waals surface area (Å²) in [5.74, 6) is 0.464. The predicted octanol–water partition coefficient (Wildman–Crippen LogP) is 2.89. The summed E-state index contributed by atoms with van der Waals surface area (Å²) >= 11 is 0. The second-order valence-electron chi connectivity index (χ2n) is 6.31. The Kier molecular flexibility index (Phi) is 6.33. The number of aromatic nitrogens is 2. The Balaban J connectivity index is 1.83. The van der Waals surface area contributed by atoms with Gasteiger partial charge in [0.25, 0.3) is 0 Å². The summed E-state index contributed by atoms with van der Waals surface area (Å²) in [6.07, 6.45) is 0.788. The number of nitrogens with one attached hydrogen (secondary N) is 1. The maximum Gasteiger partial charge on any atom is 0.239 e. The van der Waals surface area contributed by atoms with Crippen LogP contribution in [-0.2, 0) is 9.53 Å². The van der Waals surface area contributed by atoms with Crippen LogP contribution in [0.15, 0.2) is 54.6 Å². The van der Waals surface area contributed by atoms with Gasteiger partial charge in [-0.05, 0) is 12.5 Å². The quantitative estimate of drug-likeness (QED) is 0.623. The van der Waals surface area contributed by atoms with E-state index >= 15 is 0 Å². The molecule has 6 heteroatoms. The second kappa shape index (κ2) is 9.09. The first kappa shape index (κ1) is 18.8. The normalized spacial score (nSPS) is 10.7. The van der Waals surface area contributed by atoms with Crippen LogP contribution in [0.25, 0.3) is 22.2 Å². The minimum Gasteiger partial charge on any atom is -0.385 e. The number of ether oxygens (including phenoxy) is 1. The van der Waals surface area contributed by atoms with E-state index in [1.54, 1.807) is 12.0 Å². The monoisotopic (exact) mass is 364 g/mol. The van der Waals surface area contributed by atoms with Crippen LogP contribution in [0, 0.1) is 0 Å². The molecule has 1 aromatic heterocycles. The molecule has 0 bridgehead atoms. The zero-order valence-corrected chi connectivity index (χ0v) is 15.7. The third-order valence-corrected chi connectivity index (χ3v) is 4.21. The van der Waals surface area contributed by atoms with Crippen LogP contribution in [0.2, 0.25) is 0 Å². The highest BCUT2D eigenvalue weighted by atomic mass is 16.5. The number of hydrogen-bond donors (Lipinski definition) is 1. The maximum atomic E-state index is 12.2. The molecule has 1 N–H and O–H groups in total. The number of fused-ring (bicyclic) bond motifs is 1. The number of likely N-dealkylation sites (N-methyl/N-ethyl adjacent to an activating group) is 1. The van der Waals surface area contributed by atoms with E-state index in [9.17, 15) is 4.79 Å². The lowest BCUT2D eigenvalue weighted by Gasteiger charge is -2.18. The topological polar surface area (TPSA) is 67.3 Å². The lowest BCUT2D eigenvalue weighted by atomic mass is 10.1. The highest BCUT2D eigenvalue weighted by molar-refractivity contribution is 5.93. The number of benzene rings is 2. The van der Waals surface area contributed by atoms with Gasteiger partial charge in [0.1, 0.15) is 0 Å². The maximum absolute atomic E-state index is 12.2. The van der Waals surface area contributed by atoms with Crippen LogP contribution >= 0.6 is 0 Å². The molecule has 0 atom stereocenters. The molecule has 3 rings (SSSR count). The third-order valence-electron chi connectivity index (χ3n) is 4.21. The van der Waals surface area contributed by atoms with Crippen molar-refractivity contribution < 1.29 is 9.53 Å². The number of carbonyl (C=O) groups is 1. The van der Waals surface area contributed by atoms with Gasteiger partial charge in [-0.1, -0.05) is 48.5 Å². The molecule has 0 saturated heterocycles. The molecule has 6 nitrogen and oxygen atoms in total. The number of rotatable bonds is 8. The van der Waals surface area contributed by atoms with Crippen molar-refractivity contribution in [2.24, 2.45) is 0 Å². The Morgan fingerprint density at radius 3 is 2.59 bits per heavy atom. The van der Waals surface area contributed by atoms with Gasteiger partial charge >= 0.3 is 0 Å². The van der Waals surface area contributed by atoms with E-state index in [2.05, 4.69) is 10.3 Å². The Morgan fingerprint density at radius 1 is 1.07 bits per heavy atom. The van der Waals surface area contributed by atoms with Crippen LogP contribution in [0.3, 0.4) is 0 Å². The van der Waals surface area contributed by atoms with Gasteiger partial charge in [0.05, 0.1) is 17.8 Å². The van der Waals surface area contributed by atoms with Crippen molar-refractivity contribution in [2.45, 2.75) is 6.42 Å². The number of hydrogen-bond acceptors (Lipinski definition) is 5. The SMILES string of the molecule is COCCCNC(=O)CN(C)c1nc(-c2ccccc2)c2ccccc2n1. The van der Waals surface area contributed by atoms with Gasteiger partial charge in [-0.2, -0.15) is 0 Å². The van der Waals surface area contributed by atoms with Gasteiger partial charge in [0.15, 0.2) is 0 Å². The fourth-order valence-corrected chi connectivity index (χ4v) is 2.84. The van der Waals surface area contributed by atoms with E-state index in [1.807, 2.05) is 61.6 Å². The summed E-state index contributed by atoms with van der Waals surface area (Å²) in [6.45, 7) is 1.41. The molecule has 0 aliphatic heterocycles. The molecule has 0 aliphatic carbocycles. The van der Waals surface area contributed by atoms with Crippen LogP contribution in [-0.4, -0.2) is 49.7 Å². The third kappa shape index (κ3) is 4.80. The Labute approximate surface area is 159 Å². The first-order valence-electron chi connectivity index (χ1n) is 8.98. The molecule has 0 aliphatic rings. The molecule has 0 saturated carbocycles. The number of methoxy groups -OCH3 is 1. The average molecular weight is 364 g/mol. The zero-order chi connectivity index (χ0) is 19.1. The molecule has 3 aromatic rings. The van der Waals surface area contributed by atoms with E-state index in [0.29, 0.717) is 19.1 Å². The summed E-state index contributed by atoms with van der Waals surface area (Å²) in [5, 5.41) is 3.88. The minimum atomic E-state index is -0.0633. The van der Waals surface area contributed by atoms with Gasteiger partial charge < -0.3 is 15.0 Å². The van der Waals surface area contributed by atoms with E-state index in [4.69, 9.17) is 9.72 Å². The van der Waals surface area contributed by atoms with Gasteiger partial charge in [-0.15, -0.1) is 0 Å². The van der Waals surface area contributed by atoms with Crippen molar-refractivity contribution in [3.05, 3.63) is 54.6 Å². The lowest BCUT2D eigenvalue weighted by Crippen LogP contribution is -2.36. The smallest absolute Gasteiger partial charge is 0.239 e. The van der Waals surface area contributed by atoms with E-state index in [-0.39, 0.29) is 12.5 Å². The highest BCUT2D eigenvalue weighted by Gasteiger charge is 2.14. The molecule has 1 heterocycles. The Bertz CT molecular complexity index is 899. The standard InChI is InChI=1S/C21H24N4O2/c1-25(15-19(26)22-13-8-14-27-2)21-23-18-12-7-6-11-17(18)20(24-21)16-9-4-3-5-10-16/h3-7,9-12H,8,13-15H2,1-2H3,(H,22,26). The van der Waals surface area contributed by atoms with Crippen molar-refractivity contribution in [3.63, 3.8) is 0 Å². The van der Waals surface area contributed by atoms with Crippen LogP contribution in [0.4, 0.5) is 5.95 Å². The first-order chi connectivity index (χ1) is 13.2. The van der Waals surface area contributed by atoms with Crippen LogP contribution in [0.5, 0.6) is 0 Å². The molecule has 0 radical (unpaired) electrons. The fourth-order valence-electron chi connectivity index (χ4n) is 2.84. The molecular formula is C21H24N4O2. The lowest BCUT2D eigenvalue weighted by molar-refractivity contribution is -0.119. The average Bonchev–Trinajstić information content (AvgIpc) is 2.71. The zero-order valence-electron chi connectivity index (χ0n) is 15.7. The molecule has 1 amide bonds. The minimum absolute atomic E-state index is 0.0633. The molecule has 0 fully saturated rings. The number of para-hydroxylation sites is 1. The largest absolute Gasteiger partial charge is 0.385 e. The van der Waals surface area contributed by atoms with Gasteiger partial charge in [-0.3, -0.25) is 4.79 Å². The van der Waals surface area contributed by atoms with Crippen LogP contribution in [0.1, 0.15) is 6.42 Å². The number of nitrogens with zero attached hydrogens (tertiary/aromatic N) is 3. The van der Waals surface area contributed by atoms with Crippen molar-refractivity contribution >= 4 is 22.8 Å².